The van der Waals surface area contributed by atoms with Crippen LogP contribution in [-0.2, 0) is 0 Å². The maximum Gasteiger partial charge on any atom is 0.302 e. The van der Waals surface area contributed by atoms with Gasteiger partial charge in [0, 0.05) is 10.5 Å². The summed E-state index contributed by atoms with van der Waals surface area (Å²) >= 11 is 3.10. The Morgan fingerprint density at radius 1 is 0.958 bits per heavy atom. The van der Waals surface area contributed by atoms with Gasteiger partial charge in [0.25, 0.3) is 11.4 Å². The summed E-state index contributed by atoms with van der Waals surface area (Å²) in [7, 11) is 0. The third-order valence-corrected chi connectivity index (χ3v) is 3.97. The molecule has 0 saturated carbocycles. The van der Waals surface area contributed by atoms with E-state index in [1.54, 1.807) is 0 Å². The number of benzene rings is 2. The van der Waals surface area contributed by atoms with Crippen molar-refractivity contribution in [2.75, 3.05) is 5.32 Å². The SMILES string of the molecule is NC1=Nc2c([N+](=O)[O-])cc([N+](=O)[O-])c3c([N+](=O)[O-])cc(Br)c(c23)N1. The molecule has 0 aromatic heterocycles. The lowest BCUT2D eigenvalue weighted by molar-refractivity contribution is -0.395. The molecule has 3 rings (SSSR count). The summed E-state index contributed by atoms with van der Waals surface area (Å²) in [6.45, 7) is 0. The zero-order valence-electron chi connectivity index (χ0n) is 11.3. The van der Waals surface area contributed by atoms with Crippen LogP contribution in [0.2, 0.25) is 0 Å². The number of hydrogen-bond acceptors (Lipinski definition) is 9. The minimum absolute atomic E-state index is 0.119. The van der Waals surface area contributed by atoms with E-state index in [4.69, 9.17) is 5.73 Å². The van der Waals surface area contributed by atoms with E-state index < -0.39 is 31.8 Å². The number of nitrogens with zero attached hydrogens (tertiary/aromatic N) is 4. The highest BCUT2D eigenvalue weighted by atomic mass is 79.9. The molecule has 24 heavy (non-hydrogen) atoms. The maximum atomic E-state index is 11.3. The van der Waals surface area contributed by atoms with Crippen molar-refractivity contribution >= 4 is 61.1 Å². The van der Waals surface area contributed by atoms with Gasteiger partial charge in [0.2, 0.25) is 0 Å². The summed E-state index contributed by atoms with van der Waals surface area (Å²) in [5.74, 6) is -0.185. The highest BCUT2D eigenvalue weighted by molar-refractivity contribution is 9.10. The zero-order chi connectivity index (χ0) is 17.8. The Morgan fingerprint density at radius 3 is 2.04 bits per heavy atom. The number of rotatable bonds is 3. The van der Waals surface area contributed by atoms with Gasteiger partial charge in [0.15, 0.2) is 11.6 Å². The van der Waals surface area contributed by atoms with Crippen LogP contribution >= 0.6 is 15.9 Å². The van der Waals surface area contributed by atoms with E-state index in [0.29, 0.717) is 6.07 Å². The van der Waals surface area contributed by atoms with Crippen LogP contribution in [0, 0.1) is 30.3 Å². The van der Waals surface area contributed by atoms with Crippen LogP contribution in [-0.4, -0.2) is 20.7 Å². The number of guanidine groups is 1. The molecular weight excluding hydrogens is 392 g/mol. The molecular formula is C11H5BrN6O6. The van der Waals surface area contributed by atoms with Gasteiger partial charge in [0.1, 0.15) is 5.39 Å². The highest BCUT2D eigenvalue weighted by Crippen LogP contribution is 2.51. The molecule has 1 aliphatic rings. The van der Waals surface area contributed by atoms with E-state index in [-0.39, 0.29) is 32.6 Å². The van der Waals surface area contributed by atoms with Crippen molar-refractivity contribution in [3.05, 3.63) is 46.9 Å². The van der Waals surface area contributed by atoms with Gasteiger partial charge in [-0.3, -0.25) is 30.3 Å². The van der Waals surface area contributed by atoms with Crippen LogP contribution in [0.4, 0.5) is 28.4 Å². The summed E-state index contributed by atoms with van der Waals surface area (Å²) in [4.78, 5) is 35.1. The molecule has 2 aromatic rings. The Kier molecular flexibility index (Phi) is 3.30. The quantitative estimate of drug-likeness (QED) is 0.586. The molecule has 0 bridgehead atoms. The predicted octanol–water partition coefficient (Wildman–Crippen LogP) is 2.70. The van der Waals surface area contributed by atoms with Crippen LogP contribution in [0.3, 0.4) is 0 Å². The maximum absolute atomic E-state index is 11.3. The van der Waals surface area contributed by atoms with Gasteiger partial charge in [-0.1, -0.05) is 0 Å². The number of non-ortho nitro benzene ring substituents is 2. The standard InChI is InChI=1S/C11H5BrN6O6/c12-3-1-4(16(19)20)7-5(17(21)22)2-6(18(23)24)10-8(7)9(3)14-11(13)15-10/h1-2H,(H3,13,14,15). The zero-order valence-corrected chi connectivity index (χ0v) is 12.9. The third kappa shape index (κ3) is 2.10. The van der Waals surface area contributed by atoms with Crippen LogP contribution < -0.4 is 11.1 Å². The van der Waals surface area contributed by atoms with Crippen molar-refractivity contribution in [1.29, 1.82) is 0 Å². The first-order valence-corrected chi connectivity index (χ1v) is 6.89. The van der Waals surface area contributed by atoms with E-state index in [1.165, 1.54) is 0 Å². The number of anilines is 1. The van der Waals surface area contributed by atoms with E-state index in [1.807, 2.05) is 0 Å². The van der Waals surface area contributed by atoms with Crippen molar-refractivity contribution in [3.8, 4) is 0 Å². The average molecular weight is 397 g/mol. The Bertz CT molecular complexity index is 1000. The smallest absolute Gasteiger partial charge is 0.302 e. The fourth-order valence-corrected chi connectivity index (χ4v) is 2.98. The van der Waals surface area contributed by atoms with E-state index in [9.17, 15) is 30.3 Å². The van der Waals surface area contributed by atoms with Gasteiger partial charge in [-0.05, 0) is 15.9 Å². The number of hydrogen-bond donors (Lipinski definition) is 2. The van der Waals surface area contributed by atoms with E-state index >= 15 is 0 Å². The van der Waals surface area contributed by atoms with Crippen molar-refractivity contribution in [2.24, 2.45) is 10.7 Å². The number of halogens is 1. The van der Waals surface area contributed by atoms with Gasteiger partial charge in [-0.2, -0.15) is 0 Å². The average Bonchev–Trinajstić information content (AvgIpc) is 2.48. The van der Waals surface area contributed by atoms with Gasteiger partial charge < -0.3 is 11.1 Å². The second kappa shape index (κ2) is 5.09. The molecule has 1 aliphatic heterocycles. The molecule has 12 nitrogen and oxygen atoms in total. The molecule has 2 aromatic carbocycles. The molecule has 0 aliphatic carbocycles. The summed E-state index contributed by atoms with van der Waals surface area (Å²) in [5, 5.41) is 36.0. The second-order valence-electron chi connectivity index (χ2n) is 4.66. The molecule has 0 radical (unpaired) electrons. The summed E-state index contributed by atoms with van der Waals surface area (Å²) in [6.07, 6.45) is 0. The summed E-state index contributed by atoms with van der Waals surface area (Å²) < 4.78 is 0.163. The van der Waals surface area contributed by atoms with Crippen molar-refractivity contribution in [2.45, 2.75) is 0 Å². The molecule has 0 saturated heterocycles. The Morgan fingerprint density at radius 2 is 1.50 bits per heavy atom. The summed E-state index contributed by atoms with van der Waals surface area (Å²) in [5.41, 5.74) is 3.41. The predicted molar refractivity (Wildman–Crippen MR) is 86.5 cm³/mol. The van der Waals surface area contributed by atoms with Gasteiger partial charge in [-0.15, -0.1) is 0 Å². The first-order chi connectivity index (χ1) is 11.2. The molecule has 0 amide bonds. The van der Waals surface area contributed by atoms with Crippen LogP contribution in [0.15, 0.2) is 21.6 Å². The van der Waals surface area contributed by atoms with E-state index in [2.05, 4.69) is 26.2 Å². The fraction of sp³-hybridized carbons (Fsp3) is 0. The van der Waals surface area contributed by atoms with Crippen LogP contribution in [0.5, 0.6) is 0 Å². The first-order valence-electron chi connectivity index (χ1n) is 6.10. The van der Waals surface area contributed by atoms with Crippen molar-refractivity contribution in [1.82, 2.24) is 0 Å². The minimum atomic E-state index is -0.918. The molecule has 0 unspecified atom stereocenters. The molecule has 122 valence electrons. The van der Waals surface area contributed by atoms with Crippen LogP contribution in [0.1, 0.15) is 0 Å². The van der Waals surface area contributed by atoms with Crippen LogP contribution in [0.25, 0.3) is 10.8 Å². The molecule has 1 heterocycles. The largest absolute Gasteiger partial charge is 0.369 e. The fourth-order valence-electron chi connectivity index (χ4n) is 2.47. The first kappa shape index (κ1) is 15.5. The number of nitro groups is 3. The van der Waals surface area contributed by atoms with Gasteiger partial charge in [-0.25, -0.2) is 4.99 Å². The molecule has 0 atom stereocenters. The van der Waals surface area contributed by atoms with Crippen molar-refractivity contribution < 1.29 is 14.8 Å². The number of aliphatic imine (C=N–C) groups is 1. The topological polar surface area (TPSA) is 180 Å². The minimum Gasteiger partial charge on any atom is -0.369 e. The lowest BCUT2D eigenvalue weighted by atomic mass is 10.0. The lowest BCUT2D eigenvalue weighted by Gasteiger charge is -2.18. The second-order valence-corrected chi connectivity index (χ2v) is 5.51. The lowest BCUT2D eigenvalue weighted by Crippen LogP contribution is -2.24. The number of nitrogens with two attached hydrogens (primary N) is 1. The van der Waals surface area contributed by atoms with E-state index in [0.717, 1.165) is 6.07 Å². The van der Waals surface area contributed by atoms with Gasteiger partial charge in [0.05, 0.1) is 31.9 Å². The molecule has 0 spiro atoms. The number of nitro benzene ring substituents is 3. The Labute approximate surface area is 139 Å². The van der Waals surface area contributed by atoms with Crippen molar-refractivity contribution in [3.63, 3.8) is 0 Å². The highest BCUT2D eigenvalue weighted by Gasteiger charge is 2.35. The monoisotopic (exact) mass is 396 g/mol. The summed E-state index contributed by atoms with van der Waals surface area (Å²) in [6, 6.07) is 1.70. The normalized spacial score (nSPS) is 12.5. The molecule has 13 heteroatoms. The Balaban J connectivity index is 2.67. The number of nitrogens with one attached hydrogen (secondary N) is 1. The molecule has 3 N–H and O–H groups in total. The Hall–Kier alpha value is -3.35. The third-order valence-electron chi connectivity index (χ3n) is 3.34. The van der Waals surface area contributed by atoms with Gasteiger partial charge >= 0.3 is 5.69 Å². The molecule has 0 fully saturated rings.